The first kappa shape index (κ1) is 17.7. The molecule has 3 aromatic rings. The Kier molecular flexibility index (Phi) is 5.15. The van der Waals surface area contributed by atoms with E-state index in [0.717, 1.165) is 35.4 Å². The first-order valence-electron chi connectivity index (χ1n) is 9.02. The first-order valence-corrected chi connectivity index (χ1v) is 9.79. The number of benzene rings is 1. The van der Waals surface area contributed by atoms with Crippen molar-refractivity contribution in [2.75, 3.05) is 31.1 Å². The van der Waals surface area contributed by atoms with Crippen LogP contribution < -0.4 is 4.90 Å². The Morgan fingerprint density at radius 1 is 1.19 bits per heavy atom. The highest BCUT2D eigenvalue weighted by molar-refractivity contribution is 7.09. The zero-order chi connectivity index (χ0) is 18.6. The highest BCUT2D eigenvalue weighted by Crippen LogP contribution is 2.21. The summed E-state index contributed by atoms with van der Waals surface area (Å²) in [5.41, 5.74) is 0.991. The summed E-state index contributed by atoms with van der Waals surface area (Å²) in [5.74, 6) is 2.28. The van der Waals surface area contributed by atoms with Crippen molar-refractivity contribution in [2.45, 2.75) is 19.8 Å². The van der Waals surface area contributed by atoms with Gasteiger partial charge in [-0.1, -0.05) is 30.3 Å². The lowest BCUT2D eigenvalue weighted by Gasteiger charge is -2.34. The zero-order valence-electron chi connectivity index (χ0n) is 15.2. The molecule has 2 aromatic heterocycles. The molecule has 0 atom stereocenters. The maximum absolute atomic E-state index is 12.5. The van der Waals surface area contributed by atoms with Crippen molar-refractivity contribution in [3.63, 3.8) is 0 Å². The Morgan fingerprint density at radius 2 is 1.96 bits per heavy atom. The predicted molar refractivity (Wildman–Crippen MR) is 104 cm³/mol. The standard InChI is InChI=1S/C19H21N5O2S/c1-14-21-19(27-22-14)24-11-9-23(10-12-24)18(25)8-7-17-20-13-16(26-17)15-5-3-2-4-6-15/h2-6,13H,7-12H2,1H3. The summed E-state index contributed by atoms with van der Waals surface area (Å²) in [6.45, 7) is 4.89. The molecule has 1 amide bonds. The van der Waals surface area contributed by atoms with E-state index in [0.29, 0.717) is 31.8 Å². The largest absolute Gasteiger partial charge is 0.441 e. The number of hydrogen-bond donors (Lipinski definition) is 0. The summed E-state index contributed by atoms with van der Waals surface area (Å²) in [6.07, 6.45) is 2.64. The Bertz CT molecular complexity index is 900. The van der Waals surface area contributed by atoms with Crippen LogP contribution in [-0.4, -0.2) is 51.3 Å². The molecule has 0 unspecified atom stereocenters. The molecular weight excluding hydrogens is 362 g/mol. The molecule has 7 nitrogen and oxygen atoms in total. The number of nitrogens with zero attached hydrogens (tertiary/aromatic N) is 5. The van der Waals surface area contributed by atoms with Crippen LogP contribution in [0.15, 0.2) is 40.9 Å². The van der Waals surface area contributed by atoms with Gasteiger partial charge in [-0.2, -0.15) is 4.37 Å². The number of aryl methyl sites for hydroxylation is 2. The van der Waals surface area contributed by atoms with Gasteiger partial charge < -0.3 is 14.2 Å². The Hall–Kier alpha value is -2.74. The Balaban J connectivity index is 1.27. The van der Waals surface area contributed by atoms with E-state index in [9.17, 15) is 4.79 Å². The van der Waals surface area contributed by atoms with Crippen molar-refractivity contribution in [1.29, 1.82) is 0 Å². The Morgan fingerprint density at radius 3 is 2.67 bits per heavy atom. The second kappa shape index (κ2) is 7.87. The number of hydrogen-bond acceptors (Lipinski definition) is 7. The number of carbonyl (C=O) groups is 1. The van der Waals surface area contributed by atoms with Gasteiger partial charge in [-0.3, -0.25) is 4.79 Å². The van der Waals surface area contributed by atoms with E-state index in [1.165, 1.54) is 11.5 Å². The van der Waals surface area contributed by atoms with Crippen molar-refractivity contribution >= 4 is 22.6 Å². The van der Waals surface area contributed by atoms with E-state index in [1.54, 1.807) is 6.20 Å². The fraction of sp³-hybridized carbons (Fsp3) is 0.368. The van der Waals surface area contributed by atoms with Crippen LogP contribution in [0.25, 0.3) is 11.3 Å². The van der Waals surface area contributed by atoms with E-state index in [2.05, 4.69) is 19.2 Å². The molecule has 1 aliphatic heterocycles. The van der Waals surface area contributed by atoms with E-state index >= 15 is 0 Å². The number of oxazole rings is 1. The molecule has 0 saturated carbocycles. The summed E-state index contributed by atoms with van der Waals surface area (Å²) in [6, 6.07) is 9.85. The molecule has 1 saturated heterocycles. The molecule has 1 aliphatic rings. The van der Waals surface area contributed by atoms with Crippen LogP contribution in [0, 0.1) is 6.92 Å². The van der Waals surface area contributed by atoms with Crippen molar-refractivity contribution in [2.24, 2.45) is 0 Å². The summed E-state index contributed by atoms with van der Waals surface area (Å²) >= 11 is 1.41. The topological polar surface area (TPSA) is 75.4 Å². The van der Waals surface area contributed by atoms with Gasteiger partial charge in [0.05, 0.1) is 6.20 Å². The molecule has 0 aliphatic carbocycles. The monoisotopic (exact) mass is 383 g/mol. The maximum atomic E-state index is 12.5. The van der Waals surface area contributed by atoms with Gasteiger partial charge in [-0.05, 0) is 6.92 Å². The van der Waals surface area contributed by atoms with Gasteiger partial charge >= 0.3 is 0 Å². The van der Waals surface area contributed by atoms with Crippen molar-refractivity contribution in [3.8, 4) is 11.3 Å². The third kappa shape index (κ3) is 4.16. The average molecular weight is 383 g/mol. The van der Waals surface area contributed by atoms with Gasteiger partial charge in [0.2, 0.25) is 11.0 Å². The fourth-order valence-electron chi connectivity index (χ4n) is 3.10. The lowest BCUT2D eigenvalue weighted by molar-refractivity contribution is -0.131. The molecule has 27 heavy (non-hydrogen) atoms. The lowest BCUT2D eigenvalue weighted by atomic mass is 10.2. The molecule has 4 rings (SSSR count). The van der Waals surface area contributed by atoms with Gasteiger partial charge in [0.15, 0.2) is 11.7 Å². The number of amides is 1. The van der Waals surface area contributed by atoms with Gasteiger partial charge in [0.25, 0.3) is 0 Å². The van der Waals surface area contributed by atoms with E-state index in [1.807, 2.05) is 42.2 Å². The summed E-state index contributed by atoms with van der Waals surface area (Å²) in [7, 11) is 0. The minimum atomic E-state index is 0.141. The molecule has 0 radical (unpaired) electrons. The summed E-state index contributed by atoms with van der Waals surface area (Å²) in [4.78, 5) is 25.3. The normalized spacial score (nSPS) is 14.6. The van der Waals surface area contributed by atoms with Crippen LogP contribution >= 0.6 is 11.5 Å². The van der Waals surface area contributed by atoms with Gasteiger partial charge in [-0.15, -0.1) is 0 Å². The van der Waals surface area contributed by atoms with Crippen LogP contribution in [0.2, 0.25) is 0 Å². The van der Waals surface area contributed by atoms with Gasteiger partial charge in [0.1, 0.15) is 5.82 Å². The highest BCUT2D eigenvalue weighted by Gasteiger charge is 2.23. The number of anilines is 1. The van der Waals surface area contributed by atoms with Crippen LogP contribution in [0.3, 0.4) is 0 Å². The third-order valence-electron chi connectivity index (χ3n) is 4.58. The van der Waals surface area contributed by atoms with E-state index in [4.69, 9.17) is 4.42 Å². The van der Waals surface area contributed by atoms with Crippen molar-refractivity contribution < 1.29 is 9.21 Å². The molecule has 3 heterocycles. The highest BCUT2D eigenvalue weighted by atomic mass is 32.1. The molecule has 8 heteroatoms. The minimum absolute atomic E-state index is 0.141. The summed E-state index contributed by atoms with van der Waals surface area (Å²) < 4.78 is 10.0. The lowest BCUT2D eigenvalue weighted by Crippen LogP contribution is -2.48. The van der Waals surface area contributed by atoms with Gasteiger partial charge in [-0.25, -0.2) is 9.97 Å². The van der Waals surface area contributed by atoms with Crippen molar-refractivity contribution in [3.05, 3.63) is 48.2 Å². The molecule has 1 aromatic carbocycles. The number of aromatic nitrogens is 3. The predicted octanol–water partition coefficient (Wildman–Crippen LogP) is 2.78. The molecule has 0 bridgehead atoms. The van der Waals surface area contributed by atoms with Crippen LogP contribution in [-0.2, 0) is 11.2 Å². The molecule has 140 valence electrons. The van der Waals surface area contributed by atoms with E-state index < -0.39 is 0 Å². The Labute approximate surface area is 161 Å². The average Bonchev–Trinajstić information content (AvgIpc) is 3.36. The van der Waals surface area contributed by atoms with E-state index in [-0.39, 0.29) is 5.91 Å². The number of rotatable bonds is 5. The number of carbonyl (C=O) groups excluding carboxylic acids is 1. The second-order valence-corrected chi connectivity index (χ2v) is 7.21. The molecule has 1 fully saturated rings. The molecular formula is C19H21N5O2S. The smallest absolute Gasteiger partial charge is 0.223 e. The van der Waals surface area contributed by atoms with Crippen LogP contribution in [0.1, 0.15) is 18.1 Å². The SMILES string of the molecule is Cc1nsc(N2CCN(C(=O)CCc3ncc(-c4ccccc4)o3)CC2)n1. The molecule has 0 spiro atoms. The van der Waals surface area contributed by atoms with Crippen molar-refractivity contribution in [1.82, 2.24) is 19.2 Å². The quantitative estimate of drug-likeness (QED) is 0.674. The first-order chi connectivity index (χ1) is 13.2. The van der Waals surface area contributed by atoms with Crippen LogP contribution in [0.5, 0.6) is 0 Å². The fourth-order valence-corrected chi connectivity index (χ4v) is 3.82. The number of piperazine rings is 1. The van der Waals surface area contributed by atoms with Gasteiger partial charge in [0, 0.05) is 56.1 Å². The zero-order valence-corrected chi connectivity index (χ0v) is 16.0. The maximum Gasteiger partial charge on any atom is 0.223 e. The molecule has 0 N–H and O–H groups in total. The second-order valence-electron chi connectivity index (χ2n) is 6.48. The summed E-state index contributed by atoms with van der Waals surface area (Å²) in [5, 5.41) is 0.938. The third-order valence-corrected chi connectivity index (χ3v) is 5.45. The van der Waals surface area contributed by atoms with Crippen LogP contribution in [0.4, 0.5) is 5.13 Å². The minimum Gasteiger partial charge on any atom is -0.441 e.